The molecular formula is C26H23N5O2. The van der Waals surface area contributed by atoms with Gasteiger partial charge in [-0.2, -0.15) is 10.4 Å². The maximum absolute atomic E-state index is 11.9. The van der Waals surface area contributed by atoms with Crippen LogP contribution in [-0.4, -0.2) is 27.3 Å². The van der Waals surface area contributed by atoms with Crippen LogP contribution >= 0.6 is 0 Å². The number of nitrogens with zero attached hydrogens (tertiary/aromatic N) is 4. The van der Waals surface area contributed by atoms with Crippen LogP contribution in [-0.2, 0) is 9.53 Å². The molecule has 0 amide bonds. The lowest BCUT2D eigenvalue weighted by Gasteiger charge is -2.33. The molecular weight excluding hydrogens is 414 g/mol. The van der Waals surface area contributed by atoms with Crippen LogP contribution in [0, 0.1) is 17.2 Å². The van der Waals surface area contributed by atoms with Gasteiger partial charge in [0.05, 0.1) is 29.8 Å². The number of nitrogens with two attached hydrogens (primary N) is 1. The zero-order valence-corrected chi connectivity index (χ0v) is 18.2. The SMILES string of the molecule is CCOC(=O)[C@H]1C[C@@H](n2nc(-c3ccc4ccc(-c5ccccc5)nc4c3)c(C#N)c2N)C1. The average molecular weight is 438 g/mol. The van der Waals surface area contributed by atoms with E-state index in [-0.39, 0.29) is 17.9 Å². The number of esters is 1. The van der Waals surface area contributed by atoms with E-state index in [4.69, 9.17) is 15.5 Å². The molecule has 164 valence electrons. The highest BCUT2D eigenvalue weighted by atomic mass is 16.5. The van der Waals surface area contributed by atoms with Gasteiger partial charge in [0.15, 0.2) is 0 Å². The predicted molar refractivity (Wildman–Crippen MR) is 126 cm³/mol. The van der Waals surface area contributed by atoms with Gasteiger partial charge in [-0.1, -0.05) is 48.5 Å². The zero-order chi connectivity index (χ0) is 22.9. The van der Waals surface area contributed by atoms with Gasteiger partial charge in [0.2, 0.25) is 0 Å². The van der Waals surface area contributed by atoms with Crippen molar-refractivity contribution in [1.29, 1.82) is 5.26 Å². The van der Waals surface area contributed by atoms with E-state index in [1.165, 1.54) is 0 Å². The molecule has 7 heteroatoms. The summed E-state index contributed by atoms with van der Waals surface area (Å²) < 4.78 is 6.79. The Labute approximate surface area is 191 Å². The molecule has 33 heavy (non-hydrogen) atoms. The van der Waals surface area contributed by atoms with Gasteiger partial charge in [0.25, 0.3) is 0 Å². The van der Waals surface area contributed by atoms with E-state index in [9.17, 15) is 10.1 Å². The predicted octanol–water partition coefficient (Wildman–Crippen LogP) is 4.73. The largest absolute Gasteiger partial charge is 0.466 e. The van der Waals surface area contributed by atoms with Crippen LogP contribution in [0.25, 0.3) is 33.4 Å². The molecule has 2 aromatic carbocycles. The average Bonchev–Trinajstić information content (AvgIpc) is 3.14. The van der Waals surface area contributed by atoms with Crippen LogP contribution in [0.4, 0.5) is 5.82 Å². The summed E-state index contributed by atoms with van der Waals surface area (Å²) in [6.07, 6.45) is 1.21. The Morgan fingerprint density at radius 1 is 1.15 bits per heavy atom. The van der Waals surface area contributed by atoms with E-state index in [0.29, 0.717) is 36.5 Å². The Hall–Kier alpha value is -4.18. The van der Waals surface area contributed by atoms with Crippen LogP contribution < -0.4 is 5.73 Å². The van der Waals surface area contributed by atoms with E-state index in [1.54, 1.807) is 11.6 Å². The van der Waals surface area contributed by atoms with Crippen molar-refractivity contribution >= 4 is 22.7 Å². The fourth-order valence-electron chi connectivity index (χ4n) is 4.31. The van der Waals surface area contributed by atoms with E-state index >= 15 is 0 Å². The van der Waals surface area contributed by atoms with Crippen molar-refractivity contribution in [1.82, 2.24) is 14.8 Å². The number of hydrogen-bond acceptors (Lipinski definition) is 6. The first-order chi connectivity index (χ1) is 16.1. The summed E-state index contributed by atoms with van der Waals surface area (Å²) in [6.45, 7) is 2.17. The molecule has 0 unspecified atom stereocenters. The highest BCUT2D eigenvalue weighted by molar-refractivity contribution is 5.87. The first kappa shape index (κ1) is 20.7. The molecule has 1 aliphatic carbocycles. The maximum Gasteiger partial charge on any atom is 0.309 e. The number of carbonyl (C=O) groups excluding carboxylic acids is 1. The van der Waals surface area contributed by atoms with Crippen molar-refractivity contribution in [2.75, 3.05) is 12.3 Å². The van der Waals surface area contributed by atoms with Crippen LogP contribution in [0.15, 0.2) is 60.7 Å². The minimum atomic E-state index is -0.185. The molecule has 7 nitrogen and oxygen atoms in total. The number of fused-ring (bicyclic) bond motifs is 1. The number of anilines is 1. The molecule has 1 aliphatic rings. The third-order valence-corrected chi connectivity index (χ3v) is 6.17. The van der Waals surface area contributed by atoms with Crippen molar-refractivity contribution in [2.45, 2.75) is 25.8 Å². The standard InChI is InChI=1S/C26H23N5O2/c1-2-33-26(32)19-12-20(13-19)31-25(28)21(15-27)24(30-31)18-9-8-17-10-11-22(29-23(17)14-18)16-6-4-3-5-7-16/h3-11,14,19-20H,2,12-13,28H2,1H3/t19-,20+. The third-order valence-electron chi connectivity index (χ3n) is 6.17. The summed E-state index contributed by atoms with van der Waals surface area (Å²) in [5, 5.41) is 15.5. The number of ether oxygens (including phenoxy) is 1. The Kier molecular flexibility index (Phi) is 5.27. The number of benzene rings is 2. The minimum absolute atomic E-state index is 0.0245. The van der Waals surface area contributed by atoms with Crippen molar-refractivity contribution in [3.05, 3.63) is 66.2 Å². The van der Waals surface area contributed by atoms with Crippen LogP contribution in [0.3, 0.4) is 0 Å². The first-order valence-corrected chi connectivity index (χ1v) is 11.0. The smallest absolute Gasteiger partial charge is 0.309 e. The Bertz CT molecular complexity index is 1380. The van der Waals surface area contributed by atoms with Crippen molar-refractivity contribution < 1.29 is 9.53 Å². The lowest BCUT2D eigenvalue weighted by Crippen LogP contribution is -2.34. The van der Waals surface area contributed by atoms with Gasteiger partial charge in [0, 0.05) is 16.5 Å². The second-order valence-electron chi connectivity index (χ2n) is 8.21. The van der Waals surface area contributed by atoms with Crippen LogP contribution in [0.1, 0.15) is 31.4 Å². The van der Waals surface area contributed by atoms with Gasteiger partial charge in [-0.25, -0.2) is 9.67 Å². The first-order valence-electron chi connectivity index (χ1n) is 11.0. The Balaban J connectivity index is 1.49. The Morgan fingerprint density at radius 2 is 1.91 bits per heavy atom. The van der Waals surface area contributed by atoms with E-state index < -0.39 is 0 Å². The summed E-state index contributed by atoms with van der Waals surface area (Å²) >= 11 is 0. The number of rotatable bonds is 5. The van der Waals surface area contributed by atoms with Gasteiger partial charge in [0.1, 0.15) is 23.1 Å². The summed E-state index contributed by atoms with van der Waals surface area (Å²) in [5.41, 5.74) is 10.7. The fraction of sp³-hybridized carbons (Fsp3) is 0.231. The quantitative estimate of drug-likeness (QED) is 0.452. The molecule has 4 aromatic rings. The molecule has 1 fully saturated rings. The lowest BCUT2D eigenvalue weighted by atomic mass is 9.80. The summed E-state index contributed by atoms with van der Waals surface area (Å²) in [7, 11) is 0. The lowest BCUT2D eigenvalue weighted by molar-refractivity contribution is -0.152. The van der Waals surface area contributed by atoms with E-state index in [2.05, 4.69) is 11.2 Å². The molecule has 0 bridgehead atoms. The topological polar surface area (TPSA) is 107 Å². The highest BCUT2D eigenvalue weighted by Crippen LogP contribution is 2.41. The van der Waals surface area contributed by atoms with Crippen molar-refractivity contribution in [3.8, 4) is 28.6 Å². The Morgan fingerprint density at radius 3 is 2.64 bits per heavy atom. The number of aromatic nitrogens is 3. The number of nitriles is 1. The number of pyridine rings is 1. The molecule has 0 atom stereocenters. The van der Waals surface area contributed by atoms with Crippen molar-refractivity contribution in [3.63, 3.8) is 0 Å². The second kappa shape index (κ2) is 8.40. The van der Waals surface area contributed by atoms with Gasteiger partial charge < -0.3 is 10.5 Å². The normalized spacial score (nSPS) is 17.3. The van der Waals surface area contributed by atoms with Gasteiger partial charge >= 0.3 is 5.97 Å². The number of nitrogen functional groups attached to an aromatic ring is 1. The second-order valence-corrected chi connectivity index (χ2v) is 8.21. The van der Waals surface area contributed by atoms with Gasteiger partial charge in [-0.05, 0) is 31.9 Å². The molecule has 2 N–H and O–H groups in total. The van der Waals surface area contributed by atoms with Crippen LogP contribution in [0.2, 0.25) is 0 Å². The molecule has 0 radical (unpaired) electrons. The van der Waals surface area contributed by atoms with E-state index in [1.807, 2.05) is 60.7 Å². The number of carbonyl (C=O) groups is 1. The minimum Gasteiger partial charge on any atom is -0.466 e. The van der Waals surface area contributed by atoms with Crippen molar-refractivity contribution in [2.24, 2.45) is 5.92 Å². The molecule has 5 rings (SSSR count). The monoisotopic (exact) mass is 437 g/mol. The molecule has 0 saturated heterocycles. The van der Waals surface area contributed by atoms with Gasteiger partial charge in [-0.3, -0.25) is 4.79 Å². The van der Waals surface area contributed by atoms with Gasteiger partial charge in [-0.15, -0.1) is 0 Å². The maximum atomic E-state index is 11.9. The van der Waals surface area contributed by atoms with E-state index in [0.717, 1.165) is 27.7 Å². The molecule has 0 aliphatic heterocycles. The highest BCUT2D eigenvalue weighted by Gasteiger charge is 2.38. The number of hydrogen-bond donors (Lipinski definition) is 1. The summed E-state index contributed by atoms with van der Waals surface area (Å²) in [5.74, 6) is -0.00487. The summed E-state index contributed by atoms with van der Waals surface area (Å²) in [4.78, 5) is 16.8. The molecule has 2 heterocycles. The molecule has 2 aromatic heterocycles. The zero-order valence-electron chi connectivity index (χ0n) is 18.2. The summed E-state index contributed by atoms with van der Waals surface area (Å²) in [6, 6.07) is 22.1. The fourth-order valence-corrected chi connectivity index (χ4v) is 4.31. The molecule has 0 spiro atoms. The third kappa shape index (κ3) is 3.70. The van der Waals surface area contributed by atoms with Crippen LogP contribution in [0.5, 0.6) is 0 Å². The molecule has 1 saturated carbocycles.